The van der Waals surface area contributed by atoms with Crippen molar-refractivity contribution in [3.8, 4) is 0 Å². The van der Waals surface area contributed by atoms with Gasteiger partial charge in [-0.15, -0.1) is 10.2 Å². The molecule has 0 fully saturated rings. The minimum atomic E-state index is 0. The van der Waals surface area contributed by atoms with E-state index in [0.717, 1.165) is 22.4 Å². The Hall–Kier alpha value is -3.17. The summed E-state index contributed by atoms with van der Waals surface area (Å²) < 4.78 is 0. The molecule has 3 aromatic rings. The Bertz CT molecular complexity index is 997. The topological polar surface area (TPSA) is 108 Å². The Morgan fingerprint density at radius 3 is 2.32 bits per heavy atom. The summed E-state index contributed by atoms with van der Waals surface area (Å²) in [6, 6.07) is 9.66. The largest absolute Gasteiger partial charge is 0.355 e. The number of hydrogen-bond donors (Lipinski definition) is 2. The van der Waals surface area contributed by atoms with Crippen molar-refractivity contribution in [2.45, 2.75) is 0 Å². The first-order valence-electron chi connectivity index (χ1n) is 7.31. The molecule has 0 aromatic carbocycles. The van der Waals surface area contributed by atoms with Crippen molar-refractivity contribution in [1.82, 2.24) is 35.1 Å². The van der Waals surface area contributed by atoms with Crippen molar-refractivity contribution in [1.29, 1.82) is 0 Å². The van der Waals surface area contributed by atoms with E-state index in [1.807, 2.05) is 36.4 Å². The Morgan fingerprint density at radius 2 is 1.48 bits per heavy atom. The van der Waals surface area contributed by atoms with E-state index in [1.165, 1.54) is 0 Å². The molecule has 0 unspecified atom stereocenters. The van der Waals surface area contributed by atoms with Gasteiger partial charge in [-0.2, -0.15) is 4.98 Å². The summed E-state index contributed by atoms with van der Waals surface area (Å²) in [5, 5.41) is 8.02. The maximum atomic E-state index is 4.53. The van der Waals surface area contributed by atoms with Crippen molar-refractivity contribution in [3.05, 3.63) is 47.4 Å². The van der Waals surface area contributed by atoms with E-state index in [4.69, 9.17) is 0 Å². The third kappa shape index (κ3) is 3.10. The average Bonchev–Trinajstić information content (AvgIpc) is 3.32. The number of rotatable bonds is 0. The minimum absolute atomic E-state index is 0. The quantitative estimate of drug-likeness (QED) is 0.433. The molecule has 2 aliphatic heterocycles. The number of fused-ring (bicyclic) bond motifs is 8. The second-order valence-corrected chi connectivity index (χ2v) is 5.34. The Kier molecular flexibility index (Phi) is 3.71. The summed E-state index contributed by atoms with van der Waals surface area (Å²) in [6.07, 6.45) is 5.53. The van der Waals surface area contributed by atoms with Gasteiger partial charge in [0.05, 0.1) is 23.3 Å². The Morgan fingerprint density at radius 1 is 0.720 bits per heavy atom. The van der Waals surface area contributed by atoms with Crippen LogP contribution < -0.4 is 0 Å². The van der Waals surface area contributed by atoms with Crippen LogP contribution in [0.4, 0.5) is 5.95 Å². The molecule has 3 aromatic heterocycles. The molecule has 8 nitrogen and oxygen atoms in total. The molecular weight excluding hydrogens is 363 g/mol. The van der Waals surface area contributed by atoms with Gasteiger partial charge in [-0.25, -0.2) is 15.0 Å². The van der Waals surface area contributed by atoms with Gasteiger partial charge in [0.2, 0.25) is 0 Å². The van der Waals surface area contributed by atoms with Crippen LogP contribution >= 0.6 is 0 Å². The van der Waals surface area contributed by atoms with Gasteiger partial charge in [-0.1, -0.05) is 0 Å². The predicted octanol–water partition coefficient (Wildman–Crippen LogP) is 2.42. The predicted molar refractivity (Wildman–Crippen MR) is 90.6 cm³/mol. The summed E-state index contributed by atoms with van der Waals surface area (Å²) in [4.78, 5) is 23.6. The Labute approximate surface area is 151 Å². The van der Waals surface area contributed by atoms with E-state index < -0.39 is 0 Å². The van der Waals surface area contributed by atoms with Gasteiger partial charge >= 0.3 is 0 Å². The molecular formula is C16H10CoN8. The van der Waals surface area contributed by atoms with Crippen LogP contribution in [0.3, 0.4) is 0 Å². The smallest absolute Gasteiger partial charge is 0.253 e. The molecule has 25 heavy (non-hydrogen) atoms. The van der Waals surface area contributed by atoms with Crippen LogP contribution in [0.5, 0.6) is 0 Å². The fourth-order valence-corrected chi connectivity index (χ4v) is 2.51. The molecule has 0 aliphatic carbocycles. The first-order chi connectivity index (χ1) is 11.8. The van der Waals surface area contributed by atoms with Gasteiger partial charge in [-0.3, -0.25) is 0 Å². The standard InChI is InChI=1S/C16H10N8.Co/c1-2-11-6-13-8-17-15(20-13)22-16-21-14(23-24-16)7-12-4-3-10(19-12)5-9(1)18-11;/h1-8,18H,(H,17,20,21,22,23,24);. The van der Waals surface area contributed by atoms with Gasteiger partial charge in [0.15, 0.2) is 5.65 Å². The zero-order valence-electron chi connectivity index (χ0n) is 12.6. The number of nitrogens with one attached hydrogen (secondary N) is 2. The molecule has 1 radical (unpaired) electrons. The van der Waals surface area contributed by atoms with Crippen LogP contribution in [0.2, 0.25) is 0 Å². The zero-order valence-corrected chi connectivity index (χ0v) is 13.7. The maximum Gasteiger partial charge on any atom is 0.253 e. The average molecular weight is 373 g/mol. The maximum absolute atomic E-state index is 4.53. The fraction of sp³-hybridized carbons (Fsp3) is 0. The zero-order chi connectivity index (χ0) is 15.9. The van der Waals surface area contributed by atoms with Crippen LogP contribution in [0.1, 0.15) is 17.1 Å². The molecule has 9 heteroatoms. The molecule has 0 saturated heterocycles. The molecule has 0 amide bonds. The van der Waals surface area contributed by atoms with Crippen LogP contribution in [0.25, 0.3) is 34.6 Å². The first-order valence-corrected chi connectivity index (χ1v) is 7.31. The number of nitrogens with zero attached hydrogens (tertiary/aromatic N) is 6. The molecule has 123 valence electrons. The summed E-state index contributed by atoms with van der Waals surface area (Å²) in [6.45, 7) is 0. The van der Waals surface area contributed by atoms with E-state index in [1.54, 1.807) is 12.3 Å². The van der Waals surface area contributed by atoms with E-state index in [-0.39, 0.29) is 16.8 Å². The first kappa shape index (κ1) is 15.4. The van der Waals surface area contributed by atoms with Crippen LogP contribution in [-0.2, 0) is 16.8 Å². The molecule has 2 aliphatic rings. The number of aromatic amines is 2. The summed E-state index contributed by atoms with van der Waals surface area (Å²) >= 11 is 0. The number of aliphatic imine (C=N–C) groups is 1. The van der Waals surface area contributed by atoms with E-state index >= 15 is 0 Å². The normalized spacial score (nSPS) is 12.2. The second-order valence-electron chi connectivity index (χ2n) is 5.34. The number of H-pyrrole nitrogens is 2. The number of aromatic nitrogens is 7. The van der Waals surface area contributed by atoms with Gasteiger partial charge in [-0.05, 0) is 36.4 Å². The monoisotopic (exact) mass is 373 g/mol. The summed E-state index contributed by atoms with van der Waals surface area (Å²) in [5.74, 6) is 0.689. The molecule has 0 spiro atoms. The molecule has 0 saturated carbocycles. The van der Waals surface area contributed by atoms with E-state index in [9.17, 15) is 0 Å². The molecule has 5 rings (SSSR count). The second kappa shape index (κ2) is 6.04. The van der Waals surface area contributed by atoms with Gasteiger partial charge in [0.1, 0.15) is 0 Å². The van der Waals surface area contributed by atoms with Gasteiger partial charge < -0.3 is 9.97 Å². The number of hydrogen-bond acceptors (Lipinski definition) is 6. The van der Waals surface area contributed by atoms with Gasteiger partial charge in [0.25, 0.3) is 11.7 Å². The van der Waals surface area contributed by atoms with Gasteiger partial charge in [0, 0.05) is 33.9 Å². The van der Waals surface area contributed by atoms with Crippen LogP contribution in [0, 0.1) is 0 Å². The summed E-state index contributed by atoms with van der Waals surface area (Å²) in [5.41, 5.74) is 4.84. The van der Waals surface area contributed by atoms with E-state index in [2.05, 4.69) is 40.1 Å². The molecule has 2 N–H and O–H groups in total. The van der Waals surface area contributed by atoms with E-state index in [0.29, 0.717) is 23.1 Å². The van der Waals surface area contributed by atoms with Crippen molar-refractivity contribution >= 4 is 46.8 Å². The SMILES string of the molecule is C1=Cc2cc3nnc(nc4nc(cc5ccc(cc1n2)[nH]5)C=N4)[nH]3.[Co]. The van der Waals surface area contributed by atoms with Crippen LogP contribution in [-0.4, -0.2) is 41.3 Å². The molecule has 8 bridgehead atoms. The molecule has 0 atom stereocenters. The van der Waals surface area contributed by atoms with Crippen LogP contribution in [0.15, 0.2) is 35.3 Å². The molecule has 5 heterocycles. The van der Waals surface area contributed by atoms with Crippen molar-refractivity contribution < 1.29 is 16.8 Å². The van der Waals surface area contributed by atoms with Crippen molar-refractivity contribution in [3.63, 3.8) is 0 Å². The third-order valence-electron chi connectivity index (χ3n) is 3.55. The van der Waals surface area contributed by atoms with Crippen molar-refractivity contribution in [2.75, 3.05) is 0 Å². The van der Waals surface area contributed by atoms with Crippen molar-refractivity contribution in [2.24, 2.45) is 4.99 Å². The Balaban J connectivity index is 0.00000157. The summed E-state index contributed by atoms with van der Waals surface area (Å²) in [7, 11) is 0. The minimum Gasteiger partial charge on any atom is -0.355 e. The fourth-order valence-electron chi connectivity index (χ4n) is 2.51. The third-order valence-corrected chi connectivity index (χ3v) is 3.55.